The summed E-state index contributed by atoms with van der Waals surface area (Å²) in [6.45, 7) is 11.8. The molecule has 0 heterocycles. The molecule has 3 nitrogen and oxygen atoms in total. The third kappa shape index (κ3) is 4.55. The lowest BCUT2D eigenvalue weighted by molar-refractivity contribution is -0.147. The van der Waals surface area contributed by atoms with Crippen molar-refractivity contribution in [1.29, 1.82) is 0 Å². The molecule has 1 aromatic carbocycles. The first-order chi connectivity index (χ1) is 9.11. The van der Waals surface area contributed by atoms with Crippen molar-refractivity contribution in [3.05, 3.63) is 28.8 Å². The number of carbonyl (C=O) groups excluding carboxylic acids is 1. The van der Waals surface area contributed by atoms with Gasteiger partial charge in [0.2, 0.25) is 0 Å². The lowest BCUT2D eigenvalue weighted by atomic mass is 9.83. The van der Waals surface area contributed by atoms with E-state index >= 15 is 0 Å². The van der Waals surface area contributed by atoms with Crippen molar-refractivity contribution in [3.8, 4) is 5.75 Å². The Bertz CT molecular complexity index is 482. The Labute approximate surface area is 122 Å². The maximum Gasteiger partial charge on any atom is 0.306 e. The van der Waals surface area contributed by atoms with Crippen LogP contribution in [0.15, 0.2) is 12.1 Å². The number of rotatable bonds is 4. The van der Waals surface area contributed by atoms with E-state index in [0.717, 1.165) is 16.7 Å². The average molecular weight is 278 g/mol. The zero-order valence-electron chi connectivity index (χ0n) is 13.4. The molecule has 0 saturated carbocycles. The Kier molecular flexibility index (Phi) is 5.21. The molecule has 0 spiro atoms. The Morgan fingerprint density at radius 2 is 1.90 bits per heavy atom. The fraction of sp³-hybridized carbons (Fsp3) is 0.588. The van der Waals surface area contributed by atoms with Crippen LogP contribution in [-0.4, -0.2) is 17.2 Å². The SMILES string of the molecule is Cc1cc(CCC(=O)OC(C)C)cc(C(C)(C)C)c1O. The Balaban J connectivity index is 2.87. The molecule has 1 N–H and O–H groups in total. The number of hydrogen-bond donors (Lipinski definition) is 1. The monoisotopic (exact) mass is 278 g/mol. The standard InChI is InChI=1S/C17H26O3/c1-11(2)20-15(18)8-7-13-9-12(3)16(19)14(10-13)17(4,5)6/h9-11,19H,7-8H2,1-6H3. The van der Waals surface area contributed by atoms with Crippen LogP contribution >= 0.6 is 0 Å². The Hall–Kier alpha value is -1.51. The van der Waals surface area contributed by atoms with Gasteiger partial charge in [0.15, 0.2) is 0 Å². The number of esters is 1. The van der Waals surface area contributed by atoms with Crippen molar-refractivity contribution in [2.75, 3.05) is 0 Å². The molecular formula is C17H26O3. The smallest absolute Gasteiger partial charge is 0.306 e. The predicted octanol–water partition coefficient (Wildman–Crippen LogP) is 3.88. The van der Waals surface area contributed by atoms with E-state index in [1.807, 2.05) is 32.9 Å². The van der Waals surface area contributed by atoms with Gasteiger partial charge in [0.05, 0.1) is 6.10 Å². The zero-order chi connectivity index (χ0) is 15.5. The van der Waals surface area contributed by atoms with Gasteiger partial charge >= 0.3 is 5.97 Å². The minimum Gasteiger partial charge on any atom is -0.507 e. The minimum atomic E-state index is -0.178. The molecule has 0 aliphatic rings. The molecule has 0 bridgehead atoms. The fourth-order valence-electron chi connectivity index (χ4n) is 2.14. The van der Waals surface area contributed by atoms with E-state index in [9.17, 15) is 9.90 Å². The van der Waals surface area contributed by atoms with Crippen LogP contribution in [0.1, 0.15) is 57.7 Å². The summed E-state index contributed by atoms with van der Waals surface area (Å²) in [5.41, 5.74) is 2.71. The van der Waals surface area contributed by atoms with Gasteiger partial charge in [-0.3, -0.25) is 4.79 Å². The first-order valence-electron chi connectivity index (χ1n) is 7.13. The maximum absolute atomic E-state index is 11.6. The van der Waals surface area contributed by atoms with Gasteiger partial charge in [-0.2, -0.15) is 0 Å². The largest absolute Gasteiger partial charge is 0.507 e. The predicted molar refractivity (Wildman–Crippen MR) is 81.1 cm³/mol. The van der Waals surface area contributed by atoms with Gasteiger partial charge in [-0.15, -0.1) is 0 Å². The summed E-state index contributed by atoms with van der Waals surface area (Å²) in [5.74, 6) is 0.175. The van der Waals surface area contributed by atoms with E-state index in [-0.39, 0.29) is 17.5 Å². The Morgan fingerprint density at radius 1 is 1.30 bits per heavy atom. The van der Waals surface area contributed by atoms with Gasteiger partial charge in [-0.1, -0.05) is 32.9 Å². The van der Waals surface area contributed by atoms with Gasteiger partial charge in [0, 0.05) is 6.42 Å². The van der Waals surface area contributed by atoms with Crippen LogP contribution < -0.4 is 0 Å². The summed E-state index contributed by atoms with van der Waals surface area (Å²) in [6, 6.07) is 3.93. The van der Waals surface area contributed by atoms with Crippen molar-refractivity contribution in [2.45, 2.75) is 65.9 Å². The molecule has 3 heteroatoms. The normalized spacial score (nSPS) is 11.8. The zero-order valence-corrected chi connectivity index (χ0v) is 13.4. The van der Waals surface area contributed by atoms with Gasteiger partial charge in [0.25, 0.3) is 0 Å². The van der Waals surface area contributed by atoms with Crippen molar-refractivity contribution in [3.63, 3.8) is 0 Å². The summed E-state index contributed by atoms with van der Waals surface area (Å²) < 4.78 is 5.14. The topological polar surface area (TPSA) is 46.5 Å². The molecule has 0 aliphatic carbocycles. The van der Waals surface area contributed by atoms with Gasteiger partial charge in [-0.05, 0) is 49.3 Å². The van der Waals surface area contributed by atoms with Crippen LogP contribution in [-0.2, 0) is 21.4 Å². The molecule has 112 valence electrons. The Morgan fingerprint density at radius 3 is 2.40 bits per heavy atom. The number of phenolic OH excluding ortho intramolecular Hbond substituents is 1. The van der Waals surface area contributed by atoms with Crippen LogP contribution in [0, 0.1) is 6.92 Å². The van der Waals surface area contributed by atoms with Crippen molar-refractivity contribution >= 4 is 5.97 Å². The molecule has 0 aliphatic heterocycles. The molecule has 0 fully saturated rings. The van der Waals surface area contributed by atoms with E-state index in [1.54, 1.807) is 0 Å². The van der Waals surface area contributed by atoms with Crippen molar-refractivity contribution < 1.29 is 14.6 Å². The molecule has 1 rings (SSSR count). The van der Waals surface area contributed by atoms with Crippen LogP contribution in [0.5, 0.6) is 5.75 Å². The summed E-state index contributed by atoms with van der Waals surface area (Å²) >= 11 is 0. The highest BCUT2D eigenvalue weighted by Gasteiger charge is 2.20. The lowest BCUT2D eigenvalue weighted by Crippen LogP contribution is -2.14. The second-order valence-electron chi connectivity index (χ2n) is 6.60. The van der Waals surface area contributed by atoms with E-state index < -0.39 is 0 Å². The number of benzene rings is 1. The quantitative estimate of drug-likeness (QED) is 0.850. The molecule has 0 aromatic heterocycles. The molecule has 0 atom stereocenters. The highest BCUT2D eigenvalue weighted by molar-refractivity contribution is 5.70. The van der Waals surface area contributed by atoms with Crippen molar-refractivity contribution in [2.24, 2.45) is 0 Å². The van der Waals surface area contributed by atoms with Crippen molar-refractivity contribution in [1.82, 2.24) is 0 Å². The molecule has 0 radical (unpaired) electrons. The van der Waals surface area contributed by atoms with E-state index in [2.05, 4.69) is 20.8 Å². The van der Waals surface area contributed by atoms with E-state index in [1.165, 1.54) is 0 Å². The maximum atomic E-state index is 11.6. The number of hydrogen-bond acceptors (Lipinski definition) is 3. The van der Waals surface area contributed by atoms with Crippen LogP contribution in [0.2, 0.25) is 0 Å². The highest BCUT2D eigenvalue weighted by Crippen LogP contribution is 2.34. The van der Waals surface area contributed by atoms with E-state index in [0.29, 0.717) is 18.6 Å². The fourth-order valence-corrected chi connectivity index (χ4v) is 2.14. The van der Waals surface area contributed by atoms with Gasteiger partial charge < -0.3 is 9.84 Å². The lowest BCUT2D eigenvalue weighted by Gasteiger charge is -2.22. The molecular weight excluding hydrogens is 252 g/mol. The summed E-state index contributed by atoms with van der Waals surface area (Å²) in [4.78, 5) is 11.6. The number of phenols is 1. The first-order valence-corrected chi connectivity index (χ1v) is 7.13. The second-order valence-corrected chi connectivity index (χ2v) is 6.60. The molecule has 0 saturated heterocycles. The average Bonchev–Trinajstić information content (AvgIpc) is 2.28. The van der Waals surface area contributed by atoms with Crippen LogP contribution in [0.4, 0.5) is 0 Å². The molecule has 0 amide bonds. The van der Waals surface area contributed by atoms with Gasteiger partial charge in [-0.25, -0.2) is 0 Å². The molecule has 1 aromatic rings. The number of aryl methyl sites for hydroxylation is 2. The highest BCUT2D eigenvalue weighted by atomic mass is 16.5. The summed E-state index contributed by atoms with van der Waals surface area (Å²) in [5, 5.41) is 10.2. The number of carbonyl (C=O) groups is 1. The second kappa shape index (κ2) is 6.29. The molecule has 20 heavy (non-hydrogen) atoms. The van der Waals surface area contributed by atoms with Gasteiger partial charge in [0.1, 0.15) is 5.75 Å². The summed E-state index contributed by atoms with van der Waals surface area (Å²) in [6.07, 6.45) is 0.927. The number of ether oxygens (including phenoxy) is 1. The van der Waals surface area contributed by atoms with Crippen LogP contribution in [0.3, 0.4) is 0 Å². The third-order valence-electron chi connectivity index (χ3n) is 3.15. The molecule has 0 unspecified atom stereocenters. The first kappa shape index (κ1) is 16.5. The van der Waals surface area contributed by atoms with E-state index in [4.69, 9.17) is 4.74 Å². The summed E-state index contributed by atoms with van der Waals surface area (Å²) in [7, 11) is 0. The number of aromatic hydroxyl groups is 1. The van der Waals surface area contributed by atoms with Crippen LogP contribution in [0.25, 0.3) is 0 Å². The minimum absolute atomic E-state index is 0.0748. The third-order valence-corrected chi connectivity index (χ3v) is 3.15.